The number of pyridine rings is 1. The molecule has 0 saturated carbocycles. The van der Waals surface area contributed by atoms with Crippen LogP contribution in [0.4, 0.5) is 0 Å². The molecule has 0 atom stereocenters. The van der Waals surface area contributed by atoms with Gasteiger partial charge >= 0.3 is 5.69 Å². The number of rotatable bonds is 2. The van der Waals surface area contributed by atoms with Gasteiger partial charge in [-0.25, -0.2) is 4.79 Å². The Kier molecular flexibility index (Phi) is 2.41. The zero-order valence-corrected chi connectivity index (χ0v) is 8.84. The highest BCUT2D eigenvalue weighted by Gasteiger charge is 2.03. The molecule has 0 N–H and O–H groups in total. The van der Waals surface area contributed by atoms with Crippen LogP contribution in [-0.2, 0) is 13.6 Å². The first-order chi connectivity index (χ1) is 7.18. The monoisotopic (exact) mass is 203 g/mol. The van der Waals surface area contributed by atoms with E-state index in [1.807, 2.05) is 19.1 Å². The van der Waals surface area contributed by atoms with Gasteiger partial charge in [-0.2, -0.15) is 0 Å². The van der Waals surface area contributed by atoms with Crippen LogP contribution in [0.15, 0.2) is 35.5 Å². The quantitative estimate of drug-likeness (QED) is 0.728. The van der Waals surface area contributed by atoms with Crippen LogP contribution in [0, 0.1) is 6.92 Å². The van der Waals surface area contributed by atoms with E-state index < -0.39 is 0 Å². The van der Waals surface area contributed by atoms with E-state index in [0.29, 0.717) is 6.54 Å². The van der Waals surface area contributed by atoms with Crippen molar-refractivity contribution in [2.24, 2.45) is 7.05 Å². The number of imidazole rings is 1. The van der Waals surface area contributed by atoms with Crippen LogP contribution in [0.3, 0.4) is 0 Å². The molecule has 2 aromatic rings. The molecule has 0 fully saturated rings. The average Bonchev–Trinajstić information content (AvgIpc) is 2.53. The second-order valence-corrected chi connectivity index (χ2v) is 3.59. The van der Waals surface area contributed by atoms with Crippen LogP contribution in [0.2, 0.25) is 0 Å². The van der Waals surface area contributed by atoms with E-state index in [2.05, 4.69) is 4.98 Å². The summed E-state index contributed by atoms with van der Waals surface area (Å²) in [7, 11) is 1.74. The Balaban J connectivity index is 2.34. The van der Waals surface area contributed by atoms with Gasteiger partial charge in [0.05, 0.1) is 12.2 Å². The number of hydrogen-bond acceptors (Lipinski definition) is 2. The molecule has 0 spiro atoms. The van der Waals surface area contributed by atoms with Gasteiger partial charge in [-0.05, 0) is 18.6 Å². The van der Waals surface area contributed by atoms with Gasteiger partial charge in [0, 0.05) is 25.6 Å². The first-order valence-electron chi connectivity index (χ1n) is 4.81. The lowest BCUT2D eigenvalue weighted by Gasteiger charge is -2.03. The van der Waals surface area contributed by atoms with Gasteiger partial charge in [0.15, 0.2) is 0 Å². The minimum Gasteiger partial charge on any atom is -0.302 e. The van der Waals surface area contributed by atoms with Crippen LogP contribution < -0.4 is 5.69 Å². The molecule has 4 nitrogen and oxygen atoms in total. The molecular formula is C11H13N3O. The molecule has 0 amide bonds. The fraction of sp³-hybridized carbons (Fsp3) is 0.273. The molecule has 0 aliphatic heterocycles. The zero-order valence-electron chi connectivity index (χ0n) is 8.84. The first-order valence-corrected chi connectivity index (χ1v) is 4.81. The van der Waals surface area contributed by atoms with Crippen molar-refractivity contribution in [3.05, 3.63) is 52.5 Å². The van der Waals surface area contributed by atoms with Crippen molar-refractivity contribution in [2.45, 2.75) is 13.5 Å². The average molecular weight is 203 g/mol. The molecule has 4 heteroatoms. The Morgan fingerprint density at radius 1 is 1.40 bits per heavy atom. The molecule has 0 aliphatic carbocycles. The highest BCUT2D eigenvalue weighted by Crippen LogP contribution is 2.04. The maximum atomic E-state index is 11.6. The Bertz CT molecular complexity index is 525. The molecule has 2 heterocycles. The molecule has 0 radical (unpaired) electrons. The molecule has 0 unspecified atom stereocenters. The fourth-order valence-electron chi connectivity index (χ4n) is 1.48. The Hall–Kier alpha value is -1.84. The SMILES string of the molecule is Cc1cccnc1Cn1ccn(C)c1=O. The van der Waals surface area contributed by atoms with Crippen LogP contribution >= 0.6 is 0 Å². The fourth-order valence-corrected chi connectivity index (χ4v) is 1.48. The second kappa shape index (κ2) is 3.73. The van der Waals surface area contributed by atoms with E-state index in [1.54, 1.807) is 34.8 Å². The lowest BCUT2D eigenvalue weighted by atomic mass is 10.2. The van der Waals surface area contributed by atoms with Crippen molar-refractivity contribution >= 4 is 0 Å². The third kappa shape index (κ3) is 1.83. The van der Waals surface area contributed by atoms with Crippen LogP contribution in [0.5, 0.6) is 0 Å². The summed E-state index contributed by atoms with van der Waals surface area (Å²) in [6, 6.07) is 3.89. The molecule has 78 valence electrons. The molecule has 0 aliphatic rings. The number of aryl methyl sites for hydroxylation is 2. The number of nitrogens with zero attached hydrogens (tertiary/aromatic N) is 3. The number of hydrogen-bond donors (Lipinski definition) is 0. The molecule has 2 aromatic heterocycles. The minimum absolute atomic E-state index is 0.0138. The third-order valence-electron chi connectivity index (χ3n) is 2.46. The summed E-state index contributed by atoms with van der Waals surface area (Å²) in [6.07, 6.45) is 5.27. The largest absolute Gasteiger partial charge is 0.328 e. The first kappa shape index (κ1) is 9.71. The lowest BCUT2D eigenvalue weighted by Crippen LogP contribution is -2.22. The van der Waals surface area contributed by atoms with Crippen molar-refractivity contribution in [1.82, 2.24) is 14.1 Å². The Morgan fingerprint density at radius 2 is 2.20 bits per heavy atom. The van der Waals surface area contributed by atoms with E-state index in [4.69, 9.17) is 0 Å². The van der Waals surface area contributed by atoms with Crippen molar-refractivity contribution in [3.8, 4) is 0 Å². The summed E-state index contributed by atoms with van der Waals surface area (Å²) in [6.45, 7) is 2.53. The van der Waals surface area contributed by atoms with Crippen molar-refractivity contribution < 1.29 is 0 Å². The molecule has 2 rings (SSSR count). The topological polar surface area (TPSA) is 39.8 Å². The maximum Gasteiger partial charge on any atom is 0.328 e. The van der Waals surface area contributed by atoms with Crippen LogP contribution in [-0.4, -0.2) is 14.1 Å². The molecule has 15 heavy (non-hydrogen) atoms. The minimum atomic E-state index is -0.0138. The van der Waals surface area contributed by atoms with E-state index in [9.17, 15) is 4.79 Å². The zero-order chi connectivity index (χ0) is 10.8. The molecule has 0 saturated heterocycles. The summed E-state index contributed by atoms with van der Waals surface area (Å²) in [4.78, 5) is 15.8. The molecular weight excluding hydrogens is 190 g/mol. The highest BCUT2D eigenvalue weighted by molar-refractivity contribution is 5.17. The van der Waals surface area contributed by atoms with Gasteiger partial charge < -0.3 is 4.57 Å². The summed E-state index contributed by atoms with van der Waals surface area (Å²) in [5.41, 5.74) is 2.03. The van der Waals surface area contributed by atoms with Crippen molar-refractivity contribution in [3.63, 3.8) is 0 Å². The van der Waals surface area contributed by atoms with Crippen molar-refractivity contribution in [1.29, 1.82) is 0 Å². The summed E-state index contributed by atoms with van der Waals surface area (Å²) in [5, 5.41) is 0. The van der Waals surface area contributed by atoms with Gasteiger partial charge in [0.1, 0.15) is 0 Å². The summed E-state index contributed by atoms with van der Waals surface area (Å²) >= 11 is 0. The van der Waals surface area contributed by atoms with Gasteiger partial charge in [-0.1, -0.05) is 6.07 Å². The van der Waals surface area contributed by atoms with E-state index >= 15 is 0 Å². The Labute approximate surface area is 87.8 Å². The second-order valence-electron chi connectivity index (χ2n) is 3.59. The number of aromatic nitrogens is 3. The molecule has 0 aromatic carbocycles. The highest BCUT2D eigenvalue weighted by atomic mass is 16.1. The summed E-state index contributed by atoms with van der Waals surface area (Å²) in [5.74, 6) is 0. The van der Waals surface area contributed by atoms with Gasteiger partial charge in [0.25, 0.3) is 0 Å². The standard InChI is InChI=1S/C11H13N3O/c1-9-4-3-5-12-10(9)8-14-7-6-13(2)11(14)15/h3-7H,8H2,1-2H3. The predicted octanol–water partition coefficient (Wildman–Crippen LogP) is 0.939. The van der Waals surface area contributed by atoms with Crippen LogP contribution in [0.1, 0.15) is 11.3 Å². The van der Waals surface area contributed by atoms with Gasteiger partial charge in [0.2, 0.25) is 0 Å². The van der Waals surface area contributed by atoms with E-state index in [1.165, 1.54) is 0 Å². The predicted molar refractivity (Wildman–Crippen MR) is 57.7 cm³/mol. The van der Waals surface area contributed by atoms with Gasteiger partial charge in [-0.15, -0.1) is 0 Å². The lowest BCUT2D eigenvalue weighted by molar-refractivity contribution is 0.701. The van der Waals surface area contributed by atoms with Crippen molar-refractivity contribution in [2.75, 3.05) is 0 Å². The maximum absolute atomic E-state index is 11.6. The smallest absolute Gasteiger partial charge is 0.302 e. The molecule has 0 bridgehead atoms. The Morgan fingerprint density at radius 3 is 2.80 bits per heavy atom. The van der Waals surface area contributed by atoms with Crippen LogP contribution in [0.25, 0.3) is 0 Å². The van der Waals surface area contributed by atoms with E-state index in [0.717, 1.165) is 11.3 Å². The van der Waals surface area contributed by atoms with E-state index in [-0.39, 0.29) is 5.69 Å². The normalized spacial score (nSPS) is 10.5. The summed E-state index contributed by atoms with van der Waals surface area (Å²) < 4.78 is 3.20. The van der Waals surface area contributed by atoms with Gasteiger partial charge in [-0.3, -0.25) is 9.55 Å². The third-order valence-corrected chi connectivity index (χ3v) is 2.46.